The number of esters is 1. The minimum atomic E-state index is -0.710. The first-order chi connectivity index (χ1) is 12.0. The maximum atomic E-state index is 12.8. The summed E-state index contributed by atoms with van der Waals surface area (Å²) in [5.41, 5.74) is 0.658. The van der Waals surface area contributed by atoms with E-state index in [0.29, 0.717) is 18.5 Å². The van der Waals surface area contributed by atoms with Crippen LogP contribution in [-0.4, -0.2) is 23.9 Å². The lowest BCUT2D eigenvalue weighted by Crippen LogP contribution is -2.28. The van der Waals surface area contributed by atoms with Crippen molar-refractivity contribution in [3.63, 3.8) is 0 Å². The summed E-state index contributed by atoms with van der Waals surface area (Å²) in [4.78, 5) is 34.9. The lowest BCUT2D eigenvalue weighted by molar-refractivity contribution is -0.384. The van der Waals surface area contributed by atoms with E-state index in [1.165, 1.54) is 19.2 Å². The zero-order valence-corrected chi connectivity index (χ0v) is 13.5. The smallest absolute Gasteiger partial charge is 0.339 e. The number of ether oxygens (including phenoxy) is 1. The molecular formula is C18H16N2O5. The van der Waals surface area contributed by atoms with Crippen molar-refractivity contribution in [3.05, 3.63) is 69.8 Å². The number of amides is 1. The monoisotopic (exact) mass is 340 g/mol. The van der Waals surface area contributed by atoms with Crippen molar-refractivity contribution in [1.82, 2.24) is 0 Å². The highest BCUT2D eigenvalue weighted by Crippen LogP contribution is 2.49. The highest BCUT2D eigenvalue weighted by Gasteiger charge is 2.51. The molecule has 2 aromatic rings. The minimum absolute atomic E-state index is 0.0176. The van der Waals surface area contributed by atoms with Gasteiger partial charge in [-0.2, -0.15) is 0 Å². The van der Waals surface area contributed by atoms with Crippen LogP contribution in [0.3, 0.4) is 0 Å². The Hall–Kier alpha value is -3.22. The molecule has 0 heterocycles. The summed E-state index contributed by atoms with van der Waals surface area (Å²) in [7, 11) is 1.28. The van der Waals surface area contributed by atoms with Gasteiger partial charge < -0.3 is 10.1 Å². The molecule has 1 fully saturated rings. The Bertz CT molecular complexity index is 841. The average molecular weight is 340 g/mol. The summed E-state index contributed by atoms with van der Waals surface area (Å²) < 4.78 is 4.73. The van der Waals surface area contributed by atoms with Crippen molar-refractivity contribution in [2.75, 3.05) is 12.4 Å². The molecule has 2 aromatic carbocycles. The zero-order valence-electron chi connectivity index (χ0n) is 13.5. The average Bonchev–Trinajstić information content (AvgIpc) is 3.43. The Balaban J connectivity index is 1.84. The fourth-order valence-electron chi connectivity index (χ4n) is 2.80. The van der Waals surface area contributed by atoms with Crippen LogP contribution in [0.1, 0.15) is 28.8 Å². The summed E-state index contributed by atoms with van der Waals surface area (Å²) in [5.74, 6) is -0.770. The third kappa shape index (κ3) is 3.08. The van der Waals surface area contributed by atoms with E-state index in [1.807, 2.05) is 0 Å². The van der Waals surface area contributed by atoms with E-state index in [0.717, 1.165) is 5.56 Å². The van der Waals surface area contributed by atoms with Crippen molar-refractivity contribution in [3.8, 4) is 0 Å². The lowest BCUT2D eigenvalue weighted by Gasteiger charge is -2.17. The van der Waals surface area contributed by atoms with E-state index in [-0.39, 0.29) is 17.2 Å². The Labute approximate surface area is 143 Å². The SMILES string of the molecule is COC(=O)c1ccccc1NC(=O)C1(c2ccc([N+](=O)[O-])cc2)CC1. The molecule has 0 aliphatic heterocycles. The molecule has 7 heteroatoms. The molecule has 0 saturated heterocycles. The fourth-order valence-corrected chi connectivity index (χ4v) is 2.80. The number of nitro groups is 1. The van der Waals surface area contributed by atoms with Crippen LogP contribution in [0, 0.1) is 10.1 Å². The number of carbonyl (C=O) groups excluding carboxylic acids is 2. The largest absolute Gasteiger partial charge is 0.465 e. The standard InChI is InChI=1S/C18H16N2O5/c1-25-16(21)14-4-2-3-5-15(14)19-17(22)18(10-11-18)12-6-8-13(9-7-12)20(23)24/h2-9H,10-11H2,1H3,(H,19,22). The number of benzene rings is 2. The predicted molar refractivity (Wildman–Crippen MR) is 90.4 cm³/mol. The normalized spacial score (nSPS) is 14.4. The van der Waals surface area contributed by atoms with Crippen LogP contribution >= 0.6 is 0 Å². The molecule has 128 valence electrons. The highest BCUT2D eigenvalue weighted by molar-refractivity contribution is 6.06. The topological polar surface area (TPSA) is 98.5 Å². The van der Waals surface area contributed by atoms with Gasteiger partial charge >= 0.3 is 5.97 Å². The number of anilines is 1. The number of non-ortho nitro benzene ring substituents is 1. The fraction of sp³-hybridized carbons (Fsp3) is 0.222. The molecule has 3 rings (SSSR count). The summed E-state index contributed by atoms with van der Waals surface area (Å²) in [6.07, 6.45) is 1.30. The number of rotatable bonds is 5. The molecule has 0 radical (unpaired) electrons. The molecule has 1 N–H and O–H groups in total. The van der Waals surface area contributed by atoms with E-state index in [1.54, 1.807) is 36.4 Å². The second-order valence-corrected chi connectivity index (χ2v) is 5.88. The maximum Gasteiger partial charge on any atom is 0.339 e. The molecule has 7 nitrogen and oxygen atoms in total. The van der Waals surface area contributed by atoms with Gasteiger partial charge in [0, 0.05) is 12.1 Å². The minimum Gasteiger partial charge on any atom is -0.465 e. The highest BCUT2D eigenvalue weighted by atomic mass is 16.6. The predicted octanol–water partition coefficient (Wildman–Crippen LogP) is 3.05. The summed E-state index contributed by atoms with van der Waals surface area (Å²) in [6.45, 7) is 0. The molecule has 0 atom stereocenters. The first kappa shape index (κ1) is 16.6. The number of methoxy groups -OCH3 is 1. The molecule has 25 heavy (non-hydrogen) atoms. The van der Waals surface area contributed by atoms with E-state index in [9.17, 15) is 19.7 Å². The van der Waals surface area contributed by atoms with Gasteiger partial charge in [-0.05, 0) is 30.5 Å². The second-order valence-electron chi connectivity index (χ2n) is 5.88. The van der Waals surface area contributed by atoms with Crippen LogP contribution in [0.5, 0.6) is 0 Å². The van der Waals surface area contributed by atoms with Crippen molar-refractivity contribution in [2.24, 2.45) is 0 Å². The first-order valence-electron chi connectivity index (χ1n) is 7.72. The van der Waals surface area contributed by atoms with Gasteiger partial charge in [0.15, 0.2) is 0 Å². The molecule has 0 bridgehead atoms. The summed E-state index contributed by atoms with van der Waals surface area (Å²) in [6, 6.07) is 12.6. The van der Waals surface area contributed by atoms with Gasteiger partial charge in [0.2, 0.25) is 5.91 Å². The van der Waals surface area contributed by atoms with E-state index >= 15 is 0 Å². The van der Waals surface area contributed by atoms with Crippen LogP contribution in [0.25, 0.3) is 0 Å². The van der Waals surface area contributed by atoms with E-state index in [4.69, 9.17) is 4.74 Å². The van der Waals surface area contributed by atoms with Crippen molar-refractivity contribution in [1.29, 1.82) is 0 Å². The number of carbonyl (C=O) groups is 2. The summed E-state index contributed by atoms with van der Waals surface area (Å²) in [5, 5.41) is 13.6. The van der Waals surface area contributed by atoms with Crippen LogP contribution < -0.4 is 5.32 Å². The molecular weight excluding hydrogens is 324 g/mol. The Morgan fingerprint density at radius 1 is 1.12 bits per heavy atom. The van der Waals surface area contributed by atoms with Gasteiger partial charge in [-0.1, -0.05) is 24.3 Å². The molecule has 0 unspecified atom stereocenters. The van der Waals surface area contributed by atoms with Crippen molar-refractivity contribution < 1.29 is 19.2 Å². The summed E-state index contributed by atoms with van der Waals surface area (Å²) >= 11 is 0. The van der Waals surface area contributed by atoms with Crippen molar-refractivity contribution in [2.45, 2.75) is 18.3 Å². The Morgan fingerprint density at radius 3 is 2.32 bits per heavy atom. The van der Waals surface area contributed by atoms with Gasteiger partial charge in [-0.25, -0.2) is 4.79 Å². The number of nitro benzene ring substituents is 1. The number of hydrogen-bond donors (Lipinski definition) is 1. The Kier molecular flexibility index (Phi) is 4.22. The van der Waals surface area contributed by atoms with Crippen LogP contribution in [0.15, 0.2) is 48.5 Å². The first-order valence-corrected chi connectivity index (χ1v) is 7.72. The third-order valence-electron chi connectivity index (χ3n) is 4.40. The molecule has 1 aliphatic rings. The maximum absolute atomic E-state index is 12.8. The number of nitrogens with one attached hydrogen (secondary N) is 1. The van der Waals surface area contributed by atoms with Gasteiger partial charge in [0.1, 0.15) is 0 Å². The molecule has 1 amide bonds. The Morgan fingerprint density at radius 2 is 1.76 bits per heavy atom. The third-order valence-corrected chi connectivity index (χ3v) is 4.40. The quantitative estimate of drug-likeness (QED) is 0.512. The molecule has 1 saturated carbocycles. The molecule has 1 aliphatic carbocycles. The van der Waals surface area contributed by atoms with Gasteiger partial charge in [-0.15, -0.1) is 0 Å². The zero-order chi connectivity index (χ0) is 18.0. The van der Waals surface area contributed by atoms with Crippen LogP contribution in [-0.2, 0) is 14.9 Å². The van der Waals surface area contributed by atoms with E-state index in [2.05, 4.69) is 5.32 Å². The van der Waals surface area contributed by atoms with Crippen molar-refractivity contribution >= 4 is 23.3 Å². The lowest BCUT2D eigenvalue weighted by atomic mass is 9.94. The molecule has 0 aromatic heterocycles. The van der Waals surface area contributed by atoms with Crippen LogP contribution in [0.4, 0.5) is 11.4 Å². The number of nitrogens with zero attached hydrogens (tertiary/aromatic N) is 1. The van der Waals surface area contributed by atoms with Gasteiger partial charge in [0.05, 0.1) is 28.7 Å². The van der Waals surface area contributed by atoms with Gasteiger partial charge in [-0.3, -0.25) is 14.9 Å². The second kappa shape index (κ2) is 6.35. The van der Waals surface area contributed by atoms with Crippen LogP contribution in [0.2, 0.25) is 0 Å². The number of para-hydroxylation sites is 1. The van der Waals surface area contributed by atoms with Gasteiger partial charge in [0.25, 0.3) is 5.69 Å². The molecule has 0 spiro atoms. The van der Waals surface area contributed by atoms with E-state index < -0.39 is 16.3 Å². The number of hydrogen-bond acceptors (Lipinski definition) is 5.